The molecule has 5 nitrogen and oxygen atoms in total. The fourth-order valence-electron chi connectivity index (χ4n) is 2.51. The summed E-state index contributed by atoms with van der Waals surface area (Å²) >= 11 is 0. The van der Waals surface area contributed by atoms with Crippen LogP contribution in [-0.4, -0.2) is 31.8 Å². The molecule has 1 aromatic carbocycles. The van der Waals surface area contributed by atoms with Crippen molar-refractivity contribution in [3.8, 4) is 0 Å². The summed E-state index contributed by atoms with van der Waals surface area (Å²) in [6.07, 6.45) is 1.73. The number of carbonyl (C=O) groups is 1. The molecule has 0 saturated carbocycles. The van der Waals surface area contributed by atoms with Crippen LogP contribution in [0.25, 0.3) is 0 Å². The number of nitrogens with two attached hydrogens (primary N) is 1. The van der Waals surface area contributed by atoms with E-state index in [0.29, 0.717) is 6.54 Å². The molecule has 1 fully saturated rings. The van der Waals surface area contributed by atoms with E-state index in [1.54, 1.807) is 4.90 Å². The van der Waals surface area contributed by atoms with Gasteiger partial charge in [0.1, 0.15) is 5.82 Å². The molecule has 0 bridgehead atoms. The number of primary sulfonamides is 1. The lowest BCUT2D eigenvalue weighted by atomic mass is 10.1. The zero-order valence-electron chi connectivity index (χ0n) is 11.4. The van der Waals surface area contributed by atoms with Gasteiger partial charge < -0.3 is 4.90 Å². The summed E-state index contributed by atoms with van der Waals surface area (Å²) in [7, 11) is -3.98. The van der Waals surface area contributed by atoms with Crippen LogP contribution in [0.3, 0.4) is 0 Å². The molecule has 1 atom stereocenters. The van der Waals surface area contributed by atoms with E-state index in [1.807, 2.05) is 6.92 Å². The Bertz CT molecular complexity index is 658. The number of carbonyl (C=O) groups excluding carboxylic acids is 1. The summed E-state index contributed by atoms with van der Waals surface area (Å²) in [5.41, 5.74) is -0.0515. The Morgan fingerprint density at radius 1 is 1.45 bits per heavy atom. The van der Waals surface area contributed by atoms with Crippen molar-refractivity contribution in [3.05, 3.63) is 29.1 Å². The summed E-state index contributed by atoms with van der Waals surface area (Å²) in [6, 6.07) is 2.10. The zero-order chi connectivity index (χ0) is 15.1. The first-order valence-corrected chi connectivity index (χ1v) is 7.90. The quantitative estimate of drug-likeness (QED) is 0.896. The Balaban J connectivity index is 2.49. The zero-order valence-corrected chi connectivity index (χ0v) is 12.2. The van der Waals surface area contributed by atoms with Crippen molar-refractivity contribution in [2.45, 2.75) is 37.6 Å². The minimum Gasteiger partial charge on any atom is -0.336 e. The molecule has 0 spiro atoms. The lowest BCUT2D eigenvalue weighted by Crippen LogP contribution is -2.34. The largest absolute Gasteiger partial charge is 0.336 e. The van der Waals surface area contributed by atoms with Crippen molar-refractivity contribution in [1.29, 1.82) is 0 Å². The highest BCUT2D eigenvalue weighted by Crippen LogP contribution is 2.24. The molecule has 20 heavy (non-hydrogen) atoms. The first-order chi connectivity index (χ1) is 9.21. The van der Waals surface area contributed by atoms with Crippen LogP contribution in [0.1, 0.15) is 35.7 Å². The van der Waals surface area contributed by atoms with Crippen LogP contribution in [0.15, 0.2) is 17.0 Å². The van der Waals surface area contributed by atoms with Crippen molar-refractivity contribution in [1.82, 2.24) is 4.90 Å². The summed E-state index contributed by atoms with van der Waals surface area (Å²) in [6.45, 7) is 3.88. The molecular weight excluding hydrogens is 283 g/mol. The van der Waals surface area contributed by atoms with Crippen LogP contribution in [0, 0.1) is 12.7 Å². The normalized spacial score (nSPS) is 19.4. The van der Waals surface area contributed by atoms with E-state index in [-0.39, 0.29) is 22.1 Å². The van der Waals surface area contributed by atoms with E-state index in [9.17, 15) is 17.6 Å². The van der Waals surface area contributed by atoms with Gasteiger partial charge in [-0.05, 0) is 44.4 Å². The van der Waals surface area contributed by atoms with Gasteiger partial charge in [-0.3, -0.25) is 4.79 Å². The lowest BCUT2D eigenvalue weighted by molar-refractivity contribution is 0.0742. The molecule has 1 amide bonds. The van der Waals surface area contributed by atoms with Gasteiger partial charge in [0, 0.05) is 12.6 Å². The van der Waals surface area contributed by atoms with Crippen LogP contribution < -0.4 is 5.14 Å². The van der Waals surface area contributed by atoms with Crippen molar-refractivity contribution in [3.63, 3.8) is 0 Å². The third-order valence-electron chi connectivity index (χ3n) is 3.62. The van der Waals surface area contributed by atoms with Crippen LogP contribution in [0.2, 0.25) is 0 Å². The summed E-state index contributed by atoms with van der Waals surface area (Å²) < 4.78 is 36.9. The molecule has 7 heteroatoms. The van der Waals surface area contributed by atoms with Crippen LogP contribution in [0.5, 0.6) is 0 Å². The first kappa shape index (κ1) is 14.9. The molecule has 1 unspecified atom stereocenters. The third-order valence-corrected chi connectivity index (χ3v) is 4.67. The fraction of sp³-hybridized carbons (Fsp3) is 0.462. The van der Waals surface area contributed by atoms with Gasteiger partial charge in [0.05, 0.1) is 10.5 Å². The highest BCUT2D eigenvalue weighted by atomic mass is 32.2. The van der Waals surface area contributed by atoms with Crippen LogP contribution in [-0.2, 0) is 10.0 Å². The molecular formula is C13H17FN2O3S. The monoisotopic (exact) mass is 300 g/mol. The Kier molecular flexibility index (Phi) is 3.84. The number of benzene rings is 1. The number of rotatable bonds is 2. The maximum atomic E-state index is 14.0. The molecule has 1 aromatic rings. The van der Waals surface area contributed by atoms with E-state index in [1.165, 1.54) is 6.92 Å². The average Bonchev–Trinajstić information content (AvgIpc) is 2.73. The van der Waals surface area contributed by atoms with E-state index in [4.69, 9.17) is 5.14 Å². The smallest absolute Gasteiger partial charge is 0.257 e. The molecule has 2 N–H and O–H groups in total. The maximum Gasteiger partial charge on any atom is 0.257 e. The van der Waals surface area contributed by atoms with E-state index >= 15 is 0 Å². The second-order valence-electron chi connectivity index (χ2n) is 5.13. The lowest BCUT2D eigenvalue weighted by Gasteiger charge is -2.22. The summed E-state index contributed by atoms with van der Waals surface area (Å²) in [5.74, 6) is -1.21. The number of sulfonamides is 1. The van der Waals surface area contributed by atoms with E-state index < -0.39 is 21.7 Å². The van der Waals surface area contributed by atoms with Crippen LogP contribution >= 0.6 is 0 Å². The molecule has 1 aliphatic heterocycles. The maximum absolute atomic E-state index is 14.0. The van der Waals surface area contributed by atoms with Crippen LogP contribution in [0.4, 0.5) is 4.39 Å². The van der Waals surface area contributed by atoms with Gasteiger partial charge in [-0.1, -0.05) is 0 Å². The SMILES string of the molecule is Cc1cc(F)c(C(=O)N2CCCC2C)cc1S(N)(=O)=O. The minimum absolute atomic E-state index is 0.0288. The van der Waals surface area contributed by atoms with Crippen molar-refractivity contribution in [2.24, 2.45) is 5.14 Å². The number of halogens is 1. The Hall–Kier alpha value is -1.47. The molecule has 1 heterocycles. The second kappa shape index (κ2) is 5.14. The highest BCUT2D eigenvalue weighted by Gasteiger charge is 2.29. The topological polar surface area (TPSA) is 80.5 Å². The van der Waals surface area contributed by atoms with E-state index in [2.05, 4.69) is 0 Å². The minimum atomic E-state index is -3.98. The van der Waals surface area contributed by atoms with Gasteiger partial charge >= 0.3 is 0 Å². The Morgan fingerprint density at radius 3 is 2.60 bits per heavy atom. The Morgan fingerprint density at radius 2 is 2.10 bits per heavy atom. The van der Waals surface area contributed by atoms with Gasteiger partial charge in [-0.15, -0.1) is 0 Å². The second-order valence-corrected chi connectivity index (χ2v) is 6.66. The van der Waals surface area contributed by atoms with Gasteiger partial charge in [0.2, 0.25) is 10.0 Å². The third kappa shape index (κ3) is 2.69. The van der Waals surface area contributed by atoms with Crippen molar-refractivity contribution in [2.75, 3.05) is 6.54 Å². The predicted molar refractivity (Wildman–Crippen MR) is 72.2 cm³/mol. The molecule has 110 valence electrons. The number of nitrogens with zero attached hydrogens (tertiary/aromatic N) is 1. The predicted octanol–water partition coefficient (Wildman–Crippen LogP) is 1.41. The Labute approximate surface area is 117 Å². The van der Waals surface area contributed by atoms with Gasteiger partial charge in [0.15, 0.2) is 0 Å². The number of hydrogen-bond donors (Lipinski definition) is 1. The number of amides is 1. The standard InChI is InChI=1S/C13H17FN2O3S/c1-8-6-11(14)10(7-12(8)20(15,18)19)13(17)16-5-3-4-9(16)2/h6-7,9H,3-5H2,1-2H3,(H2,15,18,19). The highest BCUT2D eigenvalue weighted by molar-refractivity contribution is 7.89. The molecule has 0 aromatic heterocycles. The van der Waals surface area contributed by atoms with Gasteiger partial charge in [-0.25, -0.2) is 17.9 Å². The van der Waals surface area contributed by atoms with Gasteiger partial charge in [0.25, 0.3) is 5.91 Å². The molecule has 0 radical (unpaired) electrons. The number of aryl methyl sites for hydroxylation is 1. The first-order valence-electron chi connectivity index (χ1n) is 6.35. The van der Waals surface area contributed by atoms with Gasteiger partial charge in [-0.2, -0.15) is 0 Å². The summed E-state index contributed by atoms with van der Waals surface area (Å²) in [4.78, 5) is 13.7. The fourth-order valence-corrected chi connectivity index (χ4v) is 3.30. The molecule has 1 saturated heterocycles. The molecule has 1 aliphatic rings. The average molecular weight is 300 g/mol. The number of likely N-dealkylation sites (tertiary alicyclic amines) is 1. The van der Waals surface area contributed by atoms with Crippen molar-refractivity contribution >= 4 is 15.9 Å². The summed E-state index contributed by atoms with van der Waals surface area (Å²) in [5, 5.41) is 5.08. The molecule has 2 rings (SSSR count). The molecule has 0 aliphatic carbocycles. The van der Waals surface area contributed by atoms with E-state index in [0.717, 1.165) is 25.0 Å². The number of hydrogen-bond acceptors (Lipinski definition) is 3. The van der Waals surface area contributed by atoms with Crippen molar-refractivity contribution < 1.29 is 17.6 Å².